The fourth-order valence-corrected chi connectivity index (χ4v) is 1.90. The van der Waals surface area contributed by atoms with Crippen molar-refractivity contribution >= 4 is 23.4 Å². The van der Waals surface area contributed by atoms with E-state index in [1.807, 2.05) is 0 Å². The summed E-state index contributed by atoms with van der Waals surface area (Å²) >= 11 is 5.81. The molecule has 0 bridgehead atoms. The minimum atomic E-state index is -2.95. The van der Waals surface area contributed by atoms with Gasteiger partial charge < -0.3 is 9.47 Å². The second-order valence-corrected chi connectivity index (χ2v) is 6.03. The van der Waals surface area contributed by atoms with Crippen LogP contribution in [0.2, 0.25) is 5.02 Å². The molecule has 0 spiro atoms. The average Bonchev–Trinajstić information content (AvgIpc) is 2.69. The Morgan fingerprint density at radius 2 is 1.76 bits per heavy atom. The molecule has 0 aliphatic carbocycles. The van der Waals surface area contributed by atoms with Crippen molar-refractivity contribution in [3.63, 3.8) is 0 Å². The number of esters is 1. The number of hydrogen-bond donors (Lipinski definition) is 0. The molecule has 2 aromatic rings. The first-order valence-electron chi connectivity index (χ1n) is 11.2. The number of halogens is 1. The quantitative estimate of drug-likeness (QED) is 0.548. The molecule has 0 radical (unpaired) electrons. The molecular formula is C20H21ClO4. The Morgan fingerprint density at radius 1 is 1.16 bits per heavy atom. The molecule has 0 aliphatic rings. The van der Waals surface area contributed by atoms with Crippen molar-refractivity contribution in [2.45, 2.75) is 39.3 Å². The molecule has 1 unspecified atom stereocenters. The fourth-order valence-electron chi connectivity index (χ4n) is 1.77. The van der Waals surface area contributed by atoms with E-state index in [1.54, 1.807) is 0 Å². The zero-order valence-corrected chi connectivity index (χ0v) is 14.6. The lowest BCUT2D eigenvalue weighted by atomic mass is 10.0. The van der Waals surface area contributed by atoms with Gasteiger partial charge in [0.25, 0.3) is 0 Å². The van der Waals surface area contributed by atoms with Crippen molar-refractivity contribution in [2.75, 3.05) is 0 Å². The maximum absolute atomic E-state index is 12.8. The Bertz CT molecular complexity index is 1070. The zero-order chi connectivity index (χ0) is 25.5. The molecule has 0 N–H and O–H groups in total. The van der Waals surface area contributed by atoms with Gasteiger partial charge in [-0.3, -0.25) is 4.79 Å². The highest BCUT2D eigenvalue weighted by Gasteiger charge is 2.32. The molecule has 5 heteroatoms. The molecule has 0 fully saturated rings. The Morgan fingerprint density at radius 3 is 2.32 bits per heavy atom. The largest absolute Gasteiger partial charge is 0.476 e. The molecule has 25 heavy (non-hydrogen) atoms. The van der Waals surface area contributed by atoms with Crippen LogP contribution in [-0.2, 0) is 9.53 Å². The van der Waals surface area contributed by atoms with E-state index >= 15 is 0 Å². The Hall–Kier alpha value is -2.33. The number of benzene rings is 2. The van der Waals surface area contributed by atoms with E-state index in [1.165, 1.54) is 24.3 Å². The number of hydrogen-bond acceptors (Lipinski definition) is 4. The van der Waals surface area contributed by atoms with Gasteiger partial charge in [0.15, 0.2) is 11.4 Å². The lowest BCUT2D eigenvalue weighted by molar-refractivity contribution is -0.163. The summed E-state index contributed by atoms with van der Waals surface area (Å²) in [6, 6.07) is 2.81. The van der Waals surface area contributed by atoms with Gasteiger partial charge in [-0.1, -0.05) is 11.6 Å². The molecule has 0 saturated carbocycles. The third-order valence-corrected chi connectivity index (χ3v) is 3.28. The number of ether oxygens (including phenoxy) is 2. The van der Waals surface area contributed by atoms with Gasteiger partial charge in [0.1, 0.15) is 5.75 Å². The first kappa shape index (κ1) is 10.6. The minimum absolute atomic E-state index is 0.0946. The number of rotatable bonds is 6. The van der Waals surface area contributed by atoms with Crippen molar-refractivity contribution in [3.8, 4) is 5.75 Å². The number of carbonyl (C=O) groups excluding carboxylic acids is 2. The summed E-state index contributed by atoms with van der Waals surface area (Å²) in [7, 11) is 0. The summed E-state index contributed by atoms with van der Waals surface area (Å²) in [4.78, 5) is 25.3. The SMILES string of the molecule is [2H]c1c([2H])c(C(=O)c2ccc(Cl)cc2)c([2H])c([2H])c1OC(C)(C)C(=O)OC([2H])(C)C([2H])([2H])[2H]. The van der Waals surface area contributed by atoms with Gasteiger partial charge in [0, 0.05) is 20.3 Å². The molecule has 2 rings (SSSR count). The Labute approximate surface area is 164 Å². The van der Waals surface area contributed by atoms with E-state index in [-0.39, 0.29) is 5.56 Å². The van der Waals surface area contributed by atoms with E-state index in [2.05, 4.69) is 0 Å². The monoisotopic (exact) mass is 368 g/mol. The van der Waals surface area contributed by atoms with Crippen LogP contribution in [0.5, 0.6) is 5.75 Å². The van der Waals surface area contributed by atoms with Crippen LogP contribution >= 0.6 is 11.6 Å². The standard InChI is InChI=1S/C20H21ClO4/c1-13(2)24-19(23)20(3,4)25-17-11-7-15(8-12-17)18(22)14-5-9-16(21)10-6-14/h5-13H,1-4H3/i1D3,7D,8D,11D,12D,13D. The van der Waals surface area contributed by atoms with Gasteiger partial charge in [-0.2, -0.15) is 0 Å². The highest BCUT2D eigenvalue weighted by atomic mass is 35.5. The predicted molar refractivity (Wildman–Crippen MR) is 97.3 cm³/mol. The van der Waals surface area contributed by atoms with Crippen molar-refractivity contribution < 1.29 is 30.0 Å². The molecule has 4 nitrogen and oxygen atoms in total. The molecule has 2 aromatic carbocycles. The van der Waals surface area contributed by atoms with E-state index < -0.39 is 65.8 Å². The van der Waals surface area contributed by atoms with Gasteiger partial charge in [0.05, 0.1) is 12.9 Å². The van der Waals surface area contributed by atoms with Crippen LogP contribution in [0.1, 0.15) is 54.5 Å². The summed E-state index contributed by atoms with van der Waals surface area (Å²) in [5.74, 6) is -2.67. The predicted octanol–water partition coefficient (Wildman–Crippen LogP) is 4.68. The first-order valence-corrected chi connectivity index (χ1v) is 7.61. The maximum Gasteiger partial charge on any atom is 0.350 e. The molecule has 1 atom stereocenters. The van der Waals surface area contributed by atoms with Gasteiger partial charge in [-0.15, -0.1) is 0 Å². The normalized spacial score (nSPS) is 18.7. The fraction of sp³-hybridized carbons (Fsp3) is 0.300. The topological polar surface area (TPSA) is 52.6 Å². The molecule has 132 valence electrons. The third-order valence-electron chi connectivity index (χ3n) is 3.03. The summed E-state index contributed by atoms with van der Waals surface area (Å²) < 4.78 is 72.6. The van der Waals surface area contributed by atoms with Crippen molar-refractivity contribution in [1.29, 1.82) is 0 Å². The molecule has 0 saturated heterocycles. The van der Waals surface area contributed by atoms with E-state index in [9.17, 15) is 9.59 Å². The van der Waals surface area contributed by atoms with Crippen LogP contribution in [0.25, 0.3) is 0 Å². The van der Waals surface area contributed by atoms with Crippen LogP contribution in [0.15, 0.2) is 48.4 Å². The second-order valence-electron chi connectivity index (χ2n) is 5.60. The van der Waals surface area contributed by atoms with Crippen LogP contribution < -0.4 is 4.74 Å². The van der Waals surface area contributed by atoms with E-state index in [4.69, 9.17) is 32.0 Å². The molecule has 0 aliphatic heterocycles. The summed E-state index contributed by atoms with van der Waals surface area (Å²) in [5.41, 5.74) is -2.39. The lowest BCUT2D eigenvalue weighted by Gasteiger charge is -2.25. The summed E-state index contributed by atoms with van der Waals surface area (Å²) in [6.07, 6.45) is -2.59. The molecule has 0 amide bonds. The van der Waals surface area contributed by atoms with Gasteiger partial charge in [0.2, 0.25) is 0 Å². The van der Waals surface area contributed by atoms with Crippen molar-refractivity contribution in [2.24, 2.45) is 0 Å². The molecule has 0 heterocycles. The van der Waals surface area contributed by atoms with Gasteiger partial charge in [-0.05, 0) is 76.1 Å². The lowest BCUT2D eigenvalue weighted by Crippen LogP contribution is -2.40. The average molecular weight is 369 g/mol. The summed E-state index contributed by atoms with van der Waals surface area (Å²) in [6.45, 7) is 0.237. The Kier molecular flexibility index (Phi) is 3.27. The number of ketones is 1. The van der Waals surface area contributed by atoms with Crippen LogP contribution in [0, 0.1) is 0 Å². The minimum Gasteiger partial charge on any atom is -0.476 e. The smallest absolute Gasteiger partial charge is 0.350 e. The van der Waals surface area contributed by atoms with Crippen molar-refractivity contribution in [3.05, 3.63) is 64.6 Å². The highest BCUT2D eigenvalue weighted by Crippen LogP contribution is 2.22. The zero-order valence-electron chi connectivity index (χ0n) is 21.8. The third kappa shape index (κ3) is 5.07. The maximum atomic E-state index is 12.8. The highest BCUT2D eigenvalue weighted by molar-refractivity contribution is 6.30. The Balaban J connectivity index is 2.45. The molecular weight excluding hydrogens is 340 g/mol. The molecule has 0 aromatic heterocycles. The number of carbonyl (C=O) groups is 2. The van der Waals surface area contributed by atoms with E-state index in [0.29, 0.717) is 5.02 Å². The van der Waals surface area contributed by atoms with E-state index in [0.717, 1.165) is 20.8 Å². The van der Waals surface area contributed by atoms with Crippen molar-refractivity contribution in [1.82, 2.24) is 0 Å². The first-order chi connectivity index (χ1) is 14.9. The van der Waals surface area contributed by atoms with Gasteiger partial charge in [-0.25, -0.2) is 4.79 Å². The van der Waals surface area contributed by atoms with Crippen LogP contribution in [-0.4, -0.2) is 23.4 Å². The van der Waals surface area contributed by atoms with Crippen LogP contribution in [0.4, 0.5) is 0 Å². The van der Waals surface area contributed by atoms with Gasteiger partial charge >= 0.3 is 5.97 Å². The second kappa shape index (κ2) is 7.70. The van der Waals surface area contributed by atoms with Crippen LogP contribution in [0.3, 0.4) is 0 Å². The summed E-state index contributed by atoms with van der Waals surface area (Å²) in [5, 5.41) is 0.367.